The van der Waals surface area contributed by atoms with E-state index in [-0.39, 0.29) is 6.10 Å². The van der Waals surface area contributed by atoms with Crippen LogP contribution in [-0.2, 0) is 6.54 Å². The second kappa shape index (κ2) is 7.18. The first-order valence-electron chi connectivity index (χ1n) is 8.15. The third-order valence-corrected chi connectivity index (χ3v) is 5.18. The van der Waals surface area contributed by atoms with Crippen molar-refractivity contribution in [3.05, 3.63) is 28.8 Å². The van der Waals surface area contributed by atoms with Crippen molar-refractivity contribution in [2.45, 2.75) is 50.4 Å². The van der Waals surface area contributed by atoms with Gasteiger partial charge >= 0.3 is 0 Å². The highest BCUT2D eigenvalue weighted by atomic mass is 35.5. The first-order valence-corrected chi connectivity index (χ1v) is 8.53. The van der Waals surface area contributed by atoms with Gasteiger partial charge in [0.25, 0.3) is 0 Å². The summed E-state index contributed by atoms with van der Waals surface area (Å²) >= 11 is 6.02. The van der Waals surface area contributed by atoms with Crippen LogP contribution in [0.1, 0.15) is 31.2 Å². The van der Waals surface area contributed by atoms with Gasteiger partial charge in [0, 0.05) is 42.3 Å². The van der Waals surface area contributed by atoms with Crippen LogP contribution in [-0.4, -0.2) is 48.4 Å². The maximum absolute atomic E-state index is 9.76. The van der Waals surface area contributed by atoms with Gasteiger partial charge in [-0.25, -0.2) is 0 Å². The Hall–Kier alpha value is -0.810. The first kappa shape index (κ1) is 16.1. The molecule has 1 saturated carbocycles. The molecule has 22 heavy (non-hydrogen) atoms. The Labute approximate surface area is 137 Å². The third kappa shape index (κ3) is 3.57. The van der Waals surface area contributed by atoms with Gasteiger partial charge in [-0.2, -0.15) is 0 Å². The lowest BCUT2D eigenvalue weighted by Crippen LogP contribution is -2.46. The number of β-amino-alcohol motifs (C(OH)–C–C–N with tert-alkyl or cyclic N) is 1. The average Bonchev–Trinajstić information content (AvgIpc) is 3.14. The van der Waals surface area contributed by atoms with Crippen molar-refractivity contribution in [2.24, 2.45) is 0 Å². The molecular weight excluding hydrogens is 300 g/mol. The molecule has 1 unspecified atom stereocenters. The van der Waals surface area contributed by atoms with E-state index in [0.717, 1.165) is 37.4 Å². The van der Waals surface area contributed by atoms with Crippen LogP contribution in [0.15, 0.2) is 18.2 Å². The van der Waals surface area contributed by atoms with Crippen molar-refractivity contribution in [3.8, 4) is 5.75 Å². The lowest BCUT2D eigenvalue weighted by Gasteiger charge is -2.30. The summed E-state index contributed by atoms with van der Waals surface area (Å²) in [5, 5.41) is 14.1. The molecule has 122 valence electrons. The number of hydrogen-bond acceptors (Lipinski definition) is 4. The molecule has 1 aliphatic heterocycles. The zero-order chi connectivity index (χ0) is 15.5. The summed E-state index contributed by atoms with van der Waals surface area (Å²) in [7, 11) is 1.68. The number of likely N-dealkylation sites (tertiary alicyclic amines) is 1. The zero-order valence-electron chi connectivity index (χ0n) is 13.1. The molecule has 3 rings (SSSR count). The molecule has 2 aliphatic rings. The topological polar surface area (TPSA) is 44.7 Å². The third-order valence-electron chi connectivity index (χ3n) is 4.95. The van der Waals surface area contributed by atoms with Crippen molar-refractivity contribution >= 4 is 11.6 Å². The number of aliphatic hydroxyl groups excluding tert-OH is 1. The van der Waals surface area contributed by atoms with Crippen LogP contribution >= 0.6 is 11.6 Å². The second-order valence-corrected chi connectivity index (χ2v) is 6.82. The molecule has 2 N–H and O–H groups in total. The highest BCUT2D eigenvalue weighted by Crippen LogP contribution is 2.28. The second-order valence-electron chi connectivity index (χ2n) is 6.38. The van der Waals surface area contributed by atoms with E-state index in [9.17, 15) is 5.11 Å². The van der Waals surface area contributed by atoms with Gasteiger partial charge in [-0.05, 0) is 31.4 Å². The summed E-state index contributed by atoms with van der Waals surface area (Å²) in [5.41, 5.74) is 1.14. The quantitative estimate of drug-likeness (QED) is 0.873. The zero-order valence-corrected chi connectivity index (χ0v) is 13.9. The molecule has 0 bridgehead atoms. The van der Waals surface area contributed by atoms with Gasteiger partial charge in [-0.3, -0.25) is 4.90 Å². The molecule has 3 atom stereocenters. The molecule has 0 aromatic heterocycles. The fourth-order valence-electron chi connectivity index (χ4n) is 3.79. The van der Waals surface area contributed by atoms with E-state index in [4.69, 9.17) is 16.3 Å². The Bertz CT molecular complexity index is 511. The van der Waals surface area contributed by atoms with E-state index >= 15 is 0 Å². The van der Waals surface area contributed by atoms with E-state index in [2.05, 4.69) is 10.2 Å². The highest BCUT2D eigenvalue weighted by Gasteiger charge is 2.35. The number of ether oxygens (including phenoxy) is 1. The normalized spacial score (nSPS) is 29.1. The molecule has 1 aromatic rings. The SMILES string of the molecule is COc1cc(Cl)ccc1CN[C@@H]1CCC[C@@H]1N1CCC(O)C1. The van der Waals surface area contributed by atoms with Crippen molar-refractivity contribution in [1.29, 1.82) is 0 Å². The Morgan fingerprint density at radius 3 is 2.95 bits per heavy atom. The van der Waals surface area contributed by atoms with Crippen molar-refractivity contribution in [3.63, 3.8) is 0 Å². The molecule has 4 nitrogen and oxygen atoms in total. The minimum absolute atomic E-state index is 0.141. The number of methoxy groups -OCH3 is 1. The summed E-state index contributed by atoms with van der Waals surface area (Å²) in [5.74, 6) is 0.839. The van der Waals surface area contributed by atoms with Crippen molar-refractivity contribution in [2.75, 3.05) is 20.2 Å². The van der Waals surface area contributed by atoms with E-state index in [0.29, 0.717) is 17.1 Å². The number of halogens is 1. The van der Waals surface area contributed by atoms with Gasteiger partial charge in [0.2, 0.25) is 0 Å². The summed E-state index contributed by atoms with van der Waals surface area (Å²) in [6.07, 6.45) is 4.45. The molecule has 0 amide bonds. The van der Waals surface area contributed by atoms with Crippen LogP contribution in [0.4, 0.5) is 0 Å². The lowest BCUT2D eigenvalue weighted by molar-refractivity contribution is 0.150. The molecule has 0 radical (unpaired) electrons. The standard InChI is InChI=1S/C17H25ClN2O2/c1-22-17-9-13(18)6-5-12(17)10-19-15-3-2-4-16(15)20-8-7-14(21)11-20/h5-6,9,14-16,19,21H,2-4,7-8,10-11H2,1H3/t14?,15-,16+/m1/s1. The molecule has 1 aromatic carbocycles. The maximum atomic E-state index is 9.76. The van der Waals surface area contributed by atoms with Crippen LogP contribution in [0.2, 0.25) is 5.02 Å². The number of aliphatic hydroxyl groups is 1. The molecule has 1 heterocycles. The number of nitrogens with one attached hydrogen (secondary N) is 1. The van der Waals surface area contributed by atoms with Gasteiger partial charge < -0.3 is 15.2 Å². The summed E-state index contributed by atoms with van der Waals surface area (Å²) in [4.78, 5) is 2.45. The molecule has 1 saturated heterocycles. The molecular formula is C17H25ClN2O2. The fourth-order valence-corrected chi connectivity index (χ4v) is 3.95. The molecule has 2 fully saturated rings. The van der Waals surface area contributed by atoms with Crippen LogP contribution in [0, 0.1) is 0 Å². The van der Waals surface area contributed by atoms with Crippen molar-refractivity contribution < 1.29 is 9.84 Å². The number of hydrogen-bond donors (Lipinski definition) is 2. The Morgan fingerprint density at radius 2 is 2.23 bits per heavy atom. The van der Waals surface area contributed by atoms with Gasteiger partial charge in [0.1, 0.15) is 5.75 Å². The van der Waals surface area contributed by atoms with Crippen LogP contribution in [0.25, 0.3) is 0 Å². The Kier molecular flexibility index (Phi) is 5.24. The van der Waals surface area contributed by atoms with Gasteiger partial charge in [-0.1, -0.05) is 24.1 Å². The summed E-state index contributed by atoms with van der Waals surface area (Å²) in [6, 6.07) is 6.84. The molecule has 0 spiro atoms. The molecule has 5 heteroatoms. The lowest BCUT2D eigenvalue weighted by atomic mass is 10.1. The van der Waals surface area contributed by atoms with Gasteiger partial charge in [0.15, 0.2) is 0 Å². The van der Waals surface area contributed by atoms with Crippen LogP contribution < -0.4 is 10.1 Å². The van der Waals surface area contributed by atoms with Crippen LogP contribution in [0.3, 0.4) is 0 Å². The van der Waals surface area contributed by atoms with E-state index in [1.54, 1.807) is 7.11 Å². The maximum Gasteiger partial charge on any atom is 0.124 e. The van der Waals surface area contributed by atoms with Gasteiger partial charge in [-0.15, -0.1) is 0 Å². The summed E-state index contributed by atoms with van der Waals surface area (Å²) < 4.78 is 5.41. The number of nitrogens with zero attached hydrogens (tertiary/aromatic N) is 1. The van der Waals surface area contributed by atoms with Crippen LogP contribution in [0.5, 0.6) is 5.75 Å². The minimum atomic E-state index is -0.141. The predicted molar refractivity (Wildman–Crippen MR) is 88.5 cm³/mol. The predicted octanol–water partition coefficient (Wildman–Crippen LogP) is 2.43. The monoisotopic (exact) mass is 324 g/mol. The minimum Gasteiger partial charge on any atom is -0.496 e. The highest BCUT2D eigenvalue weighted by molar-refractivity contribution is 6.30. The largest absolute Gasteiger partial charge is 0.496 e. The Morgan fingerprint density at radius 1 is 1.36 bits per heavy atom. The van der Waals surface area contributed by atoms with E-state index in [1.807, 2.05) is 18.2 Å². The average molecular weight is 325 g/mol. The number of rotatable bonds is 5. The van der Waals surface area contributed by atoms with Crippen molar-refractivity contribution in [1.82, 2.24) is 10.2 Å². The first-order chi connectivity index (χ1) is 10.7. The number of benzene rings is 1. The summed E-state index contributed by atoms with van der Waals surface area (Å²) in [6.45, 7) is 2.64. The van der Waals surface area contributed by atoms with E-state index < -0.39 is 0 Å². The van der Waals surface area contributed by atoms with Gasteiger partial charge in [0.05, 0.1) is 13.2 Å². The molecule has 1 aliphatic carbocycles. The fraction of sp³-hybridized carbons (Fsp3) is 0.647. The Balaban J connectivity index is 1.61. The smallest absolute Gasteiger partial charge is 0.124 e. The van der Waals surface area contributed by atoms with E-state index in [1.165, 1.54) is 19.3 Å².